The number of anilines is 1. The van der Waals surface area contributed by atoms with Crippen molar-refractivity contribution in [1.29, 1.82) is 0 Å². The largest absolute Gasteiger partial charge is 0.388 e. The van der Waals surface area contributed by atoms with Gasteiger partial charge in [-0.05, 0) is 29.5 Å². The molecule has 0 radical (unpaired) electrons. The van der Waals surface area contributed by atoms with Gasteiger partial charge in [0.05, 0.1) is 18.0 Å². The second-order valence-corrected chi connectivity index (χ2v) is 8.33. The molecule has 0 aliphatic carbocycles. The molecule has 1 aliphatic heterocycles. The lowest BCUT2D eigenvalue weighted by atomic mass is 10.1. The van der Waals surface area contributed by atoms with E-state index >= 15 is 0 Å². The summed E-state index contributed by atoms with van der Waals surface area (Å²) in [6.45, 7) is 0.332. The van der Waals surface area contributed by atoms with Crippen molar-refractivity contribution in [3.05, 3.63) is 59.2 Å². The highest BCUT2D eigenvalue weighted by Gasteiger charge is 2.35. The van der Waals surface area contributed by atoms with Gasteiger partial charge in [-0.2, -0.15) is 0 Å². The average Bonchev–Trinajstić information content (AvgIpc) is 3.55. The van der Waals surface area contributed by atoms with Crippen molar-refractivity contribution < 1.29 is 14.9 Å². The molecule has 1 fully saturated rings. The van der Waals surface area contributed by atoms with Crippen molar-refractivity contribution in [3.8, 4) is 22.5 Å². The van der Waals surface area contributed by atoms with E-state index in [1.807, 2.05) is 52.4 Å². The minimum Gasteiger partial charge on any atom is -0.388 e. The summed E-state index contributed by atoms with van der Waals surface area (Å²) in [5.41, 5.74) is 2.03. The fraction of sp³-hybridized carbons (Fsp3) is 0.261. The van der Waals surface area contributed by atoms with Crippen LogP contribution < -0.4 is 5.32 Å². The van der Waals surface area contributed by atoms with Gasteiger partial charge in [-0.3, -0.25) is 4.57 Å². The van der Waals surface area contributed by atoms with Crippen LogP contribution in [-0.4, -0.2) is 61.7 Å². The molecule has 0 spiro atoms. The maximum Gasteiger partial charge on any atom is 0.188 e. The van der Waals surface area contributed by atoms with Crippen LogP contribution in [0.2, 0.25) is 0 Å². The van der Waals surface area contributed by atoms with Gasteiger partial charge < -0.3 is 20.3 Å². The highest BCUT2D eigenvalue weighted by atomic mass is 32.1. The number of aromatic nitrogens is 4. The predicted octanol–water partition coefficient (Wildman–Crippen LogP) is 2.12. The molecule has 0 saturated carbocycles. The summed E-state index contributed by atoms with van der Waals surface area (Å²) in [6.07, 6.45) is -2.51. The number of hydrogen-bond acceptors (Lipinski definition) is 8. The van der Waals surface area contributed by atoms with Crippen LogP contribution >= 0.6 is 11.3 Å². The molecule has 2 unspecified atom stereocenters. The lowest BCUT2D eigenvalue weighted by Gasteiger charge is -2.16. The molecule has 3 aromatic heterocycles. The first-order chi connectivity index (χ1) is 15.6. The molecule has 162 valence electrons. The van der Waals surface area contributed by atoms with Crippen LogP contribution in [0.3, 0.4) is 0 Å². The van der Waals surface area contributed by atoms with E-state index in [4.69, 9.17) is 14.7 Å². The number of nitrogens with one attached hydrogen (secondary N) is 1. The van der Waals surface area contributed by atoms with Gasteiger partial charge in [-0.1, -0.05) is 30.2 Å². The minimum atomic E-state index is -0.996. The number of aliphatic hydroxyl groups excluding tert-OH is 2. The Labute approximate surface area is 188 Å². The smallest absolute Gasteiger partial charge is 0.188 e. The van der Waals surface area contributed by atoms with Crippen molar-refractivity contribution >= 4 is 28.3 Å². The molecule has 4 heterocycles. The molecular formula is C23H21N5O3S. The number of nitrogens with zero attached hydrogens (tertiary/aromatic N) is 4. The quantitative estimate of drug-likeness (QED) is 0.412. The zero-order valence-corrected chi connectivity index (χ0v) is 18.1. The summed E-state index contributed by atoms with van der Waals surface area (Å²) in [4.78, 5) is 15.1. The molecule has 0 amide bonds. The van der Waals surface area contributed by atoms with Crippen LogP contribution in [0.25, 0.3) is 21.9 Å². The van der Waals surface area contributed by atoms with E-state index in [2.05, 4.69) is 22.1 Å². The summed E-state index contributed by atoms with van der Waals surface area (Å²) >= 11 is 1.55. The number of fused-ring (bicyclic) bond motifs is 1. The number of benzene rings is 1. The van der Waals surface area contributed by atoms with Crippen LogP contribution in [0.1, 0.15) is 11.4 Å². The van der Waals surface area contributed by atoms with E-state index in [1.54, 1.807) is 18.4 Å². The fourth-order valence-electron chi connectivity index (χ4n) is 3.62. The maximum atomic E-state index is 10.3. The van der Waals surface area contributed by atoms with Crippen molar-refractivity contribution in [2.24, 2.45) is 0 Å². The second kappa shape index (κ2) is 8.68. The van der Waals surface area contributed by atoms with Crippen molar-refractivity contribution in [2.45, 2.75) is 24.9 Å². The third-order valence-corrected chi connectivity index (χ3v) is 6.15. The fourth-order valence-corrected chi connectivity index (χ4v) is 4.27. The molecule has 0 bridgehead atoms. The summed E-state index contributed by atoms with van der Waals surface area (Å²) in [5, 5.41) is 25.3. The number of imidazole rings is 1. The summed E-state index contributed by atoms with van der Waals surface area (Å²) in [7, 11) is 1.79. The Morgan fingerprint density at radius 1 is 1.12 bits per heavy atom. The Bertz CT molecular complexity index is 1290. The van der Waals surface area contributed by atoms with E-state index in [-0.39, 0.29) is 13.2 Å². The van der Waals surface area contributed by atoms with Crippen LogP contribution in [0.4, 0.5) is 5.82 Å². The van der Waals surface area contributed by atoms with Gasteiger partial charge in [-0.15, -0.1) is 11.3 Å². The normalized spacial score (nSPS) is 20.3. The van der Waals surface area contributed by atoms with E-state index in [9.17, 15) is 10.2 Å². The first kappa shape index (κ1) is 20.6. The van der Waals surface area contributed by atoms with Crippen LogP contribution in [0.15, 0.2) is 47.8 Å². The Balaban J connectivity index is 1.66. The molecular weight excluding hydrogens is 426 g/mol. The first-order valence-electron chi connectivity index (χ1n) is 10.2. The van der Waals surface area contributed by atoms with E-state index < -0.39 is 18.3 Å². The highest BCUT2D eigenvalue weighted by molar-refractivity contribution is 7.13. The van der Waals surface area contributed by atoms with Gasteiger partial charge in [0.2, 0.25) is 0 Å². The Kier molecular flexibility index (Phi) is 5.59. The summed E-state index contributed by atoms with van der Waals surface area (Å²) in [6, 6.07) is 13.5. The number of aliphatic hydroxyl groups is 2. The van der Waals surface area contributed by atoms with Gasteiger partial charge in [0.15, 0.2) is 28.6 Å². The van der Waals surface area contributed by atoms with Gasteiger partial charge in [0.1, 0.15) is 18.3 Å². The number of rotatable bonds is 4. The van der Waals surface area contributed by atoms with Gasteiger partial charge in [0.25, 0.3) is 0 Å². The molecule has 8 nitrogen and oxygen atoms in total. The van der Waals surface area contributed by atoms with Gasteiger partial charge in [-0.25, -0.2) is 15.0 Å². The van der Waals surface area contributed by atoms with Crippen LogP contribution in [0, 0.1) is 11.8 Å². The summed E-state index contributed by atoms with van der Waals surface area (Å²) in [5.74, 6) is 7.92. The molecule has 3 N–H and O–H groups in total. The number of thiophene rings is 1. The molecule has 1 aliphatic rings. The molecule has 9 heteroatoms. The van der Waals surface area contributed by atoms with Crippen molar-refractivity contribution in [2.75, 3.05) is 19.0 Å². The molecule has 4 aromatic rings. The zero-order chi connectivity index (χ0) is 22.1. The molecule has 3 atom stereocenters. The second-order valence-electron chi connectivity index (χ2n) is 7.39. The van der Waals surface area contributed by atoms with Crippen LogP contribution in [0.5, 0.6) is 0 Å². The Hall–Kier alpha value is -3.29. The molecule has 1 saturated heterocycles. The highest BCUT2D eigenvalue weighted by Crippen LogP contribution is 2.29. The SMILES string of the molecule is CNc1nc(-c2cccs2)nc2c1nc(C#Cc1ccccc1)n2C[C@@H]1OCC(O)C1O. The lowest BCUT2D eigenvalue weighted by molar-refractivity contribution is 0.0156. The number of hydrogen-bond donors (Lipinski definition) is 3. The average molecular weight is 448 g/mol. The molecule has 32 heavy (non-hydrogen) atoms. The molecule has 5 rings (SSSR count). The third-order valence-electron chi connectivity index (χ3n) is 5.28. The van der Waals surface area contributed by atoms with Crippen molar-refractivity contribution in [3.63, 3.8) is 0 Å². The van der Waals surface area contributed by atoms with Crippen LogP contribution in [-0.2, 0) is 11.3 Å². The zero-order valence-electron chi connectivity index (χ0n) is 17.3. The van der Waals surface area contributed by atoms with E-state index in [0.717, 1.165) is 10.4 Å². The maximum absolute atomic E-state index is 10.3. The monoisotopic (exact) mass is 447 g/mol. The third kappa shape index (κ3) is 3.85. The standard InChI is InChI=1S/C23H21N5O3S/c1-24-22-19-23(27-21(26-22)17-8-5-11-32-17)28(12-16-20(30)15(29)13-31-16)18(25-19)10-9-14-6-3-2-4-7-14/h2-8,11,15-16,20,29-30H,12-13H2,1H3,(H,24,26,27)/t15?,16-,20?/m0/s1. The Morgan fingerprint density at radius 2 is 1.97 bits per heavy atom. The number of ether oxygens (including phenoxy) is 1. The van der Waals surface area contributed by atoms with E-state index in [1.165, 1.54) is 0 Å². The molecule has 1 aromatic carbocycles. The van der Waals surface area contributed by atoms with Gasteiger partial charge in [0, 0.05) is 12.6 Å². The summed E-state index contributed by atoms with van der Waals surface area (Å²) < 4.78 is 7.45. The van der Waals surface area contributed by atoms with E-state index in [0.29, 0.717) is 28.6 Å². The minimum absolute atomic E-state index is 0.0840. The van der Waals surface area contributed by atoms with Gasteiger partial charge >= 0.3 is 0 Å². The first-order valence-corrected chi connectivity index (χ1v) is 11.1. The Morgan fingerprint density at radius 3 is 2.66 bits per heavy atom. The topological polar surface area (TPSA) is 105 Å². The van der Waals surface area contributed by atoms with Crippen molar-refractivity contribution in [1.82, 2.24) is 19.5 Å². The predicted molar refractivity (Wildman–Crippen MR) is 122 cm³/mol. The lowest BCUT2D eigenvalue weighted by Crippen LogP contribution is -2.33.